The lowest BCUT2D eigenvalue weighted by atomic mass is 9.93. The second-order valence-electron chi connectivity index (χ2n) is 7.11. The molecule has 146 valence electrons. The molecule has 2 aromatic rings. The van der Waals surface area contributed by atoms with Gasteiger partial charge in [-0.1, -0.05) is 42.5 Å². The van der Waals surface area contributed by atoms with Gasteiger partial charge in [0.1, 0.15) is 23.6 Å². The van der Waals surface area contributed by atoms with Crippen LogP contribution in [0.1, 0.15) is 17.0 Å². The van der Waals surface area contributed by atoms with Crippen LogP contribution in [0, 0.1) is 33.5 Å². The lowest BCUT2D eigenvalue weighted by Gasteiger charge is -2.29. The molecule has 0 saturated heterocycles. The van der Waals surface area contributed by atoms with Crippen molar-refractivity contribution < 1.29 is 14.2 Å². The van der Waals surface area contributed by atoms with Crippen LogP contribution in [-0.4, -0.2) is 26.0 Å². The number of nitrogens with two attached hydrogens (primary N) is 1. The molecule has 2 aliphatic rings. The Kier molecular flexibility index (Phi) is 4.31. The summed E-state index contributed by atoms with van der Waals surface area (Å²) in [5.74, 6) is -1.50. The molecule has 1 aliphatic carbocycles. The predicted molar refractivity (Wildman–Crippen MR) is 104 cm³/mol. The fraction of sp³-hybridized carbons (Fsp3) is 0.318. The fourth-order valence-corrected chi connectivity index (χ4v) is 4.55. The number of methoxy groups -OCH3 is 2. The first-order chi connectivity index (χ1) is 14.0. The van der Waals surface area contributed by atoms with Gasteiger partial charge < -0.3 is 19.9 Å². The van der Waals surface area contributed by atoms with E-state index in [1.165, 1.54) is 14.2 Å². The molecule has 7 heteroatoms. The van der Waals surface area contributed by atoms with Gasteiger partial charge in [-0.05, 0) is 23.3 Å². The van der Waals surface area contributed by atoms with Crippen LogP contribution in [0.5, 0.6) is 5.75 Å². The zero-order chi connectivity index (χ0) is 20.7. The summed E-state index contributed by atoms with van der Waals surface area (Å²) < 4.78 is 16.9. The van der Waals surface area contributed by atoms with E-state index in [9.17, 15) is 10.5 Å². The first-order valence-electron chi connectivity index (χ1n) is 9.10. The Morgan fingerprint density at radius 1 is 1.03 bits per heavy atom. The molecule has 4 rings (SSSR count). The summed E-state index contributed by atoms with van der Waals surface area (Å²) in [6.07, 6.45) is 0. The maximum Gasteiger partial charge on any atom is 0.292 e. The topological polar surface area (TPSA) is 114 Å². The highest BCUT2D eigenvalue weighted by atomic mass is 16.7. The highest BCUT2D eigenvalue weighted by Crippen LogP contribution is 2.81. The van der Waals surface area contributed by atoms with Crippen LogP contribution in [0.3, 0.4) is 0 Å². The van der Waals surface area contributed by atoms with Crippen LogP contribution >= 0.6 is 0 Å². The molecule has 1 aliphatic heterocycles. The van der Waals surface area contributed by atoms with Crippen molar-refractivity contribution in [3.8, 4) is 17.9 Å². The Hall–Kier alpha value is -3.39. The van der Waals surface area contributed by atoms with Crippen molar-refractivity contribution in [3.63, 3.8) is 0 Å². The standard InChI is InChI=1S/C22H20N4O3/c1-27-22(28-2)21(14-24)18(20(21,13-23)19(25)26-22)16-9-6-10-17(11-16)29-12-15-7-4-3-5-8-15/h3-11,18H,12H2,1-2H3,(H2,25,26)/t18-,20-,21-/m0/s1. The molecule has 3 atom stereocenters. The quantitative estimate of drug-likeness (QED) is 0.761. The van der Waals surface area contributed by atoms with E-state index in [-0.39, 0.29) is 5.84 Å². The number of nitrogens with zero attached hydrogens (tertiary/aromatic N) is 3. The van der Waals surface area contributed by atoms with Gasteiger partial charge in [-0.15, -0.1) is 0 Å². The van der Waals surface area contributed by atoms with Crippen LogP contribution in [-0.2, 0) is 16.1 Å². The average Bonchev–Trinajstić information content (AvgIpc) is 3.35. The van der Waals surface area contributed by atoms with E-state index in [1.807, 2.05) is 54.6 Å². The van der Waals surface area contributed by atoms with E-state index < -0.39 is 22.7 Å². The lowest BCUT2D eigenvalue weighted by molar-refractivity contribution is -0.230. The highest BCUT2D eigenvalue weighted by Gasteiger charge is 2.93. The van der Waals surface area contributed by atoms with E-state index in [0.29, 0.717) is 12.4 Å². The number of rotatable bonds is 6. The second-order valence-corrected chi connectivity index (χ2v) is 7.11. The molecule has 0 bridgehead atoms. The Morgan fingerprint density at radius 2 is 1.76 bits per heavy atom. The Balaban J connectivity index is 1.70. The summed E-state index contributed by atoms with van der Waals surface area (Å²) >= 11 is 0. The number of ether oxygens (including phenoxy) is 3. The normalized spacial score (nSPS) is 28.6. The van der Waals surface area contributed by atoms with Crippen molar-refractivity contribution in [2.24, 2.45) is 21.6 Å². The van der Waals surface area contributed by atoms with Gasteiger partial charge in [0, 0.05) is 20.1 Å². The molecule has 29 heavy (non-hydrogen) atoms. The summed E-state index contributed by atoms with van der Waals surface area (Å²) in [6, 6.07) is 21.6. The number of amidine groups is 1. The zero-order valence-corrected chi connectivity index (χ0v) is 16.1. The first-order valence-corrected chi connectivity index (χ1v) is 9.10. The summed E-state index contributed by atoms with van der Waals surface area (Å²) in [5, 5.41) is 20.1. The largest absolute Gasteiger partial charge is 0.489 e. The van der Waals surface area contributed by atoms with Crippen molar-refractivity contribution in [2.45, 2.75) is 18.4 Å². The van der Waals surface area contributed by atoms with Gasteiger partial charge in [-0.3, -0.25) is 0 Å². The van der Waals surface area contributed by atoms with Crippen molar-refractivity contribution in [2.75, 3.05) is 14.2 Å². The predicted octanol–water partition coefficient (Wildman–Crippen LogP) is 2.70. The van der Waals surface area contributed by atoms with E-state index in [4.69, 9.17) is 19.9 Å². The number of nitriles is 2. The number of fused-ring (bicyclic) bond motifs is 1. The molecule has 2 N–H and O–H groups in total. The van der Waals surface area contributed by atoms with Gasteiger partial charge in [0.25, 0.3) is 5.91 Å². The van der Waals surface area contributed by atoms with Crippen LogP contribution in [0.15, 0.2) is 59.6 Å². The van der Waals surface area contributed by atoms with Crippen molar-refractivity contribution >= 4 is 5.84 Å². The molecule has 0 amide bonds. The first kappa shape index (κ1) is 18.9. The maximum absolute atomic E-state index is 10.1. The monoisotopic (exact) mass is 388 g/mol. The van der Waals surface area contributed by atoms with Crippen molar-refractivity contribution in [1.29, 1.82) is 10.5 Å². The van der Waals surface area contributed by atoms with Gasteiger partial charge in [0.05, 0.1) is 12.1 Å². The number of benzene rings is 2. The molecule has 0 spiro atoms. The molecule has 1 saturated carbocycles. The second kappa shape index (κ2) is 6.59. The van der Waals surface area contributed by atoms with Gasteiger partial charge >= 0.3 is 0 Å². The van der Waals surface area contributed by atoms with Gasteiger partial charge in [0.2, 0.25) is 0 Å². The summed E-state index contributed by atoms with van der Waals surface area (Å²) in [6.45, 7) is 0.408. The van der Waals surface area contributed by atoms with E-state index in [2.05, 4.69) is 17.1 Å². The third-order valence-electron chi connectivity index (χ3n) is 5.92. The van der Waals surface area contributed by atoms with E-state index in [0.717, 1.165) is 11.1 Å². The Morgan fingerprint density at radius 3 is 2.38 bits per heavy atom. The van der Waals surface area contributed by atoms with Gasteiger partial charge in [0.15, 0.2) is 5.41 Å². The molecule has 2 aromatic carbocycles. The molecule has 0 aromatic heterocycles. The summed E-state index contributed by atoms with van der Waals surface area (Å²) in [4.78, 5) is 4.22. The molecular formula is C22H20N4O3. The zero-order valence-electron chi connectivity index (χ0n) is 16.1. The van der Waals surface area contributed by atoms with E-state index in [1.54, 1.807) is 0 Å². The van der Waals surface area contributed by atoms with Gasteiger partial charge in [-0.25, -0.2) is 4.99 Å². The van der Waals surface area contributed by atoms with Crippen molar-refractivity contribution in [3.05, 3.63) is 65.7 Å². The van der Waals surface area contributed by atoms with Crippen LogP contribution in [0.2, 0.25) is 0 Å². The number of hydrogen-bond acceptors (Lipinski definition) is 7. The minimum absolute atomic E-state index is 0.0471. The molecule has 7 nitrogen and oxygen atoms in total. The molecule has 1 heterocycles. The third-order valence-corrected chi connectivity index (χ3v) is 5.92. The third kappa shape index (κ3) is 2.26. The average molecular weight is 388 g/mol. The minimum Gasteiger partial charge on any atom is -0.489 e. The number of aliphatic imine (C=N–C) groups is 1. The summed E-state index contributed by atoms with van der Waals surface area (Å²) in [5.41, 5.74) is 5.23. The lowest BCUT2D eigenvalue weighted by Crippen LogP contribution is -2.41. The molecular weight excluding hydrogens is 368 g/mol. The van der Waals surface area contributed by atoms with Crippen LogP contribution in [0.25, 0.3) is 0 Å². The van der Waals surface area contributed by atoms with Crippen molar-refractivity contribution in [1.82, 2.24) is 0 Å². The minimum atomic E-state index is -1.63. The smallest absolute Gasteiger partial charge is 0.292 e. The fourth-order valence-electron chi connectivity index (χ4n) is 4.55. The maximum atomic E-state index is 10.1. The molecule has 0 radical (unpaired) electrons. The van der Waals surface area contributed by atoms with E-state index >= 15 is 0 Å². The molecule has 0 unspecified atom stereocenters. The Bertz CT molecular complexity index is 1050. The SMILES string of the molecule is COC1(OC)N=C(N)[C@]2(C#N)[C@H](c3cccc(OCc4ccccc4)c3)[C@]12C#N. The summed E-state index contributed by atoms with van der Waals surface area (Å²) in [7, 11) is 2.78. The van der Waals surface area contributed by atoms with Crippen LogP contribution in [0.4, 0.5) is 0 Å². The van der Waals surface area contributed by atoms with Gasteiger partial charge in [-0.2, -0.15) is 10.5 Å². The highest BCUT2D eigenvalue weighted by molar-refractivity contribution is 6.00. The molecule has 1 fully saturated rings. The van der Waals surface area contributed by atoms with Crippen LogP contribution < -0.4 is 10.5 Å². The number of hydrogen-bond donors (Lipinski definition) is 1. The Labute approximate surface area is 168 Å².